The van der Waals surface area contributed by atoms with Crippen molar-refractivity contribution in [3.63, 3.8) is 0 Å². The van der Waals surface area contributed by atoms with E-state index in [-0.39, 0.29) is 11.9 Å². The molecule has 0 aromatic carbocycles. The fourth-order valence-corrected chi connectivity index (χ4v) is 1.07. The van der Waals surface area contributed by atoms with Gasteiger partial charge in [0, 0.05) is 7.05 Å². The zero-order chi connectivity index (χ0) is 9.84. The Hall–Kier alpha value is -1.39. The molecule has 0 spiro atoms. The van der Waals surface area contributed by atoms with E-state index in [1.165, 1.54) is 6.33 Å². The molecule has 0 saturated carbocycles. The number of carbonyl (C=O) groups is 1. The van der Waals surface area contributed by atoms with Crippen LogP contribution in [0.5, 0.6) is 0 Å². The molecule has 0 fully saturated rings. The summed E-state index contributed by atoms with van der Waals surface area (Å²) in [6, 6.07) is 0. The summed E-state index contributed by atoms with van der Waals surface area (Å²) >= 11 is 0. The van der Waals surface area contributed by atoms with Crippen molar-refractivity contribution in [2.45, 2.75) is 19.8 Å². The molecule has 0 aliphatic carbocycles. The summed E-state index contributed by atoms with van der Waals surface area (Å²) in [6.07, 6.45) is 1.42. The fraction of sp³-hybridized carbons (Fsp3) is 0.625. The van der Waals surface area contributed by atoms with Crippen LogP contribution in [0.4, 0.5) is 0 Å². The Balaban J connectivity index is 2.73. The van der Waals surface area contributed by atoms with Gasteiger partial charge in [0.05, 0.1) is 6.61 Å². The van der Waals surface area contributed by atoms with Gasteiger partial charge in [0.2, 0.25) is 0 Å². The molecule has 1 rings (SSSR count). The molecule has 0 bridgehead atoms. The second-order valence-corrected chi connectivity index (χ2v) is 2.72. The molecule has 0 amide bonds. The van der Waals surface area contributed by atoms with Crippen LogP contribution in [-0.2, 0) is 16.6 Å². The number of ether oxygens (including phenoxy) is 1. The summed E-state index contributed by atoms with van der Waals surface area (Å²) in [5.41, 5.74) is 0. The minimum Gasteiger partial charge on any atom is -0.465 e. The summed E-state index contributed by atoms with van der Waals surface area (Å²) in [5.74, 6) is 0.00417. The van der Waals surface area contributed by atoms with Crippen molar-refractivity contribution < 1.29 is 9.53 Å². The maximum absolute atomic E-state index is 11.3. The molecular formula is C8H13N3O2. The lowest BCUT2D eigenvalue weighted by molar-refractivity contribution is -0.144. The van der Waals surface area contributed by atoms with Crippen molar-refractivity contribution in [3.8, 4) is 0 Å². The Kier molecular flexibility index (Phi) is 3.00. The number of nitrogens with zero attached hydrogens (tertiary/aromatic N) is 3. The first kappa shape index (κ1) is 9.70. The average molecular weight is 183 g/mol. The molecule has 1 heterocycles. The van der Waals surface area contributed by atoms with E-state index in [1.54, 1.807) is 25.6 Å². The van der Waals surface area contributed by atoms with E-state index in [4.69, 9.17) is 4.74 Å². The SMILES string of the molecule is CCOC(=O)C(C)c1ncnn1C. The van der Waals surface area contributed by atoms with Crippen LogP contribution in [0, 0.1) is 0 Å². The Morgan fingerprint density at radius 2 is 2.46 bits per heavy atom. The van der Waals surface area contributed by atoms with Gasteiger partial charge >= 0.3 is 5.97 Å². The van der Waals surface area contributed by atoms with E-state index in [0.717, 1.165) is 0 Å². The minimum absolute atomic E-state index is 0.265. The first-order chi connectivity index (χ1) is 6.16. The Bertz CT molecular complexity index is 295. The molecule has 5 nitrogen and oxygen atoms in total. The minimum atomic E-state index is -0.354. The molecule has 1 unspecified atom stereocenters. The van der Waals surface area contributed by atoms with Gasteiger partial charge in [-0.3, -0.25) is 9.48 Å². The Morgan fingerprint density at radius 3 is 2.92 bits per heavy atom. The largest absolute Gasteiger partial charge is 0.465 e. The molecule has 1 atom stereocenters. The van der Waals surface area contributed by atoms with E-state index >= 15 is 0 Å². The van der Waals surface area contributed by atoms with Crippen molar-refractivity contribution in [2.75, 3.05) is 6.61 Å². The highest BCUT2D eigenvalue weighted by molar-refractivity contribution is 5.76. The predicted molar refractivity (Wildman–Crippen MR) is 46.1 cm³/mol. The van der Waals surface area contributed by atoms with Gasteiger partial charge in [-0.25, -0.2) is 4.98 Å². The summed E-state index contributed by atoms with van der Waals surface area (Å²) < 4.78 is 6.43. The molecule has 5 heteroatoms. The van der Waals surface area contributed by atoms with Crippen LogP contribution in [-0.4, -0.2) is 27.3 Å². The maximum Gasteiger partial charge on any atom is 0.316 e. The van der Waals surface area contributed by atoms with Gasteiger partial charge in [-0.2, -0.15) is 5.10 Å². The number of hydrogen-bond donors (Lipinski definition) is 0. The standard InChI is InChI=1S/C8H13N3O2/c1-4-13-8(12)6(2)7-9-5-10-11(7)3/h5-6H,4H2,1-3H3. The molecule has 72 valence electrons. The van der Waals surface area contributed by atoms with E-state index in [1.807, 2.05) is 0 Å². The van der Waals surface area contributed by atoms with Crippen LogP contribution in [0.2, 0.25) is 0 Å². The fourth-order valence-electron chi connectivity index (χ4n) is 1.07. The van der Waals surface area contributed by atoms with E-state index in [2.05, 4.69) is 10.1 Å². The van der Waals surface area contributed by atoms with E-state index in [0.29, 0.717) is 12.4 Å². The van der Waals surface area contributed by atoms with Crippen LogP contribution in [0.1, 0.15) is 25.6 Å². The number of aromatic nitrogens is 3. The normalized spacial score (nSPS) is 12.5. The molecule has 0 N–H and O–H groups in total. The second kappa shape index (κ2) is 4.02. The quantitative estimate of drug-likeness (QED) is 0.639. The lowest BCUT2D eigenvalue weighted by Crippen LogP contribution is -2.16. The maximum atomic E-state index is 11.3. The molecule has 0 aliphatic rings. The summed E-state index contributed by atoms with van der Waals surface area (Å²) in [7, 11) is 1.75. The monoisotopic (exact) mass is 183 g/mol. The van der Waals surface area contributed by atoms with Crippen molar-refractivity contribution in [1.82, 2.24) is 14.8 Å². The summed E-state index contributed by atoms with van der Waals surface area (Å²) in [6.45, 7) is 3.92. The van der Waals surface area contributed by atoms with Gasteiger partial charge < -0.3 is 4.74 Å². The summed E-state index contributed by atoms with van der Waals surface area (Å²) in [4.78, 5) is 15.3. The summed E-state index contributed by atoms with van der Waals surface area (Å²) in [5, 5.41) is 3.88. The topological polar surface area (TPSA) is 57.0 Å². The van der Waals surface area contributed by atoms with Gasteiger partial charge in [0.15, 0.2) is 0 Å². The highest BCUT2D eigenvalue weighted by atomic mass is 16.5. The number of esters is 1. The van der Waals surface area contributed by atoms with Crippen LogP contribution in [0.3, 0.4) is 0 Å². The highest BCUT2D eigenvalue weighted by Crippen LogP contribution is 2.12. The van der Waals surface area contributed by atoms with Gasteiger partial charge in [0.25, 0.3) is 0 Å². The number of hydrogen-bond acceptors (Lipinski definition) is 4. The third kappa shape index (κ3) is 2.05. The van der Waals surface area contributed by atoms with Gasteiger partial charge in [-0.1, -0.05) is 0 Å². The molecule has 0 radical (unpaired) electrons. The predicted octanol–water partition coefficient (Wildman–Crippen LogP) is 0.482. The molecular weight excluding hydrogens is 170 g/mol. The first-order valence-corrected chi connectivity index (χ1v) is 4.17. The molecule has 0 aliphatic heterocycles. The zero-order valence-electron chi connectivity index (χ0n) is 8.02. The molecule has 1 aromatic rings. The van der Waals surface area contributed by atoms with E-state index in [9.17, 15) is 4.79 Å². The number of rotatable bonds is 3. The second-order valence-electron chi connectivity index (χ2n) is 2.72. The smallest absolute Gasteiger partial charge is 0.316 e. The van der Waals surface area contributed by atoms with E-state index < -0.39 is 0 Å². The molecule has 13 heavy (non-hydrogen) atoms. The van der Waals surface area contributed by atoms with Gasteiger partial charge in [0.1, 0.15) is 18.1 Å². The van der Waals surface area contributed by atoms with Crippen molar-refractivity contribution in [3.05, 3.63) is 12.2 Å². The van der Waals surface area contributed by atoms with Crippen molar-refractivity contribution >= 4 is 5.97 Å². The van der Waals surface area contributed by atoms with Gasteiger partial charge in [-0.15, -0.1) is 0 Å². The Morgan fingerprint density at radius 1 is 1.77 bits per heavy atom. The highest BCUT2D eigenvalue weighted by Gasteiger charge is 2.20. The van der Waals surface area contributed by atoms with Crippen molar-refractivity contribution in [2.24, 2.45) is 7.05 Å². The number of carbonyl (C=O) groups excluding carboxylic acids is 1. The number of aryl methyl sites for hydroxylation is 1. The Labute approximate surface area is 76.7 Å². The van der Waals surface area contributed by atoms with Crippen molar-refractivity contribution in [1.29, 1.82) is 0 Å². The average Bonchev–Trinajstić information content (AvgIpc) is 2.50. The third-order valence-corrected chi connectivity index (χ3v) is 1.77. The third-order valence-electron chi connectivity index (χ3n) is 1.77. The van der Waals surface area contributed by atoms with Crippen LogP contribution in [0.25, 0.3) is 0 Å². The first-order valence-electron chi connectivity index (χ1n) is 4.17. The van der Waals surface area contributed by atoms with Crippen LogP contribution < -0.4 is 0 Å². The van der Waals surface area contributed by atoms with Gasteiger partial charge in [-0.05, 0) is 13.8 Å². The zero-order valence-corrected chi connectivity index (χ0v) is 8.02. The van der Waals surface area contributed by atoms with Crippen LogP contribution in [0.15, 0.2) is 6.33 Å². The van der Waals surface area contributed by atoms with Crippen LogP contribution >= 0.6 is 0 Å². The lowest BCUT2D eigenvalue weighted by atomic mass is 10.2. The lowest BCUT2D eigenvalue weighted by Gasteiger charge is -2.08. The molecule has 0 saturated heterocycles. The molecule has 1 aromatic heterocycles.